The minimum atomic E-state index is 0.290. The van der Waals surface area contributed by atoms with E-state index >= 15 is 0 Å². The van der Waals surface area contributed by atoms with E-state index in [1.807, 2.05) is 6.07 Å². The molecule has 0 heterocycles. The summed E-state index contributed by atoms with van der Waals surface area (Å²) in [6, 6.07) is 12.4. The van der Waals surface area contributed by atoms with Crippen LogP contribution in [0.3, 0.4) is 0 Å². The second kappa shape index (κ2) is 6.51. The lowest BCUT2D eigenvalue weighted by atomic mass is 10.2. The van der Waals surface area contributed by atoms with Gasteiger partial charge in [0.15, 0.2) is 0 Å². The van der Waals surface area contributed by atoms with Gasteiger partial charge in [0.25, 0.3) is 0 Å². The van der Waals surface area contributed by atoms with Gasteiger partial charge >= 0.3 is 0 Å². The monoisotopic (exact) mass is 307 g/mol. The minimum absolute atomic E-state index is 0.290. The molecule has 0 saturated carbocycles. The summed E-state index contributed by atoms with van der Waals surface area (Å²) in [4.78, 5) is 0. The van der Waals surface area contributed by atoms with E-state index in [0.717, 1.165) is 5.56 Å². The summed E-state index contributed by atoms with van der Waals surface area (Å²) < 4.78 is 10.8. The third-order valence-electron chi connectivity index (χ3n) is 2.69. The van der Waals surface area contributed by atoms with Crippen LogP contribution in [0.5, 0.6) is 11.5 Å². The molecule has 5 heteroatoms. The van der Waals surface area contributed by atoms with Crippen LogP contribution in [0.4, 0.5) is 0 Å². The molecular weight excluding hydrogens is 297 g/mol. The molecule has 0 amide bonds. The van der Waals surface area contributed by atoms with Gasteiger partial charge in [0.2, 0.25) is 0 Å². The number of nitrogens with zero attached hydrogens (tertiary/aromatic N) is 1. The van der Waals surface area contributed by atoms with Gasteiger partial charge in [-0.2, -0.15) is 5.26 Å². The van der Waals surface area contributed by atoms with Crippen LogP contribution >= 0.6 is 23.2 Å². The van der Waals surface area contributed by atoms with Crippen molar-refractivity contribution >= 4 is 23.2 Å². The van der Waals surface area contributed by atoms with E-state index in [-0.39, 0.29) is 0 Å². The average molecular weight is 308 g/mol. The van der Waals surface area contributed by atoms with Gasteiger partial charge in [-0.1, -0.05) is 29.3 Å². The fraction of sp³-hybridized carbons (Fsp3) is 0.133. The van der Waals surface area contributed by atoms with Gasteiger partial charge in [0.1, 0.15) is 24.2 Å². The summed E-state index contributed by atoms with van der Waals surface area (Å²) >= 11 is 11.8. The van der Waals surface area contributed by atoms with Crippen molar-refractivity contribution in [3.05, 3.63) is 57.6 Å². The van der Waals surface area contributed by atoms with E-state index in [2.05, 4.69) is 6.07 Å². The second-order valence-corrected chi connectivity index (χ2v) is 4.83. The Morgan fingerprint density at radius 3 is 2.55 bits per heavy atom. The van der Waals surface area contributed by atoms with Crippen LogP contribution in [-0.2, 0) is 6.61 Å². The fourth-order valence-corrected chi connectivity index (χ4v) is 1.95. The van der Waals surface area contributed by atoms with E-state index in [1.165, 1.54) is 0 Å². The summed E-state index contributed by atoms with van der Waals surface area (Å²) in [6.07, 6.45) is 0. The fourth-order valence-electron chi connectivity index (χ4n) is 1.63. The van der Waals surface area contributed by atoms with Gasteiger partial charge in [-0.15, -0.1) is 0 Å². The van der Waals surface area contributed by atoms with Crippen LogP contribution in [-0.4, -0.2) is 7.11 Å². The lowest BCUT2D eigenvalue weighted by Crippen LogP contribution is -1.98. The maximum Gasteiger partial charge on any atom is 0.141 e. The molecule has 0 N–H and O–H groups in total. The van der Waals surface area contributed by atoms with E-state index in [4.69, 9.17) is 37.9 Å². The molecule has 2 aromatic carbocycles. The second-order valence-electron chi connectivity index (χ2n) is 4.01. The summed E-state index contributed by atoms with van der Waals surface area (Å²) in [5.74, 6) is 1.10. The third kappa shape index (κ3) is 3.36. The normalized spacial score (nSPS) is 9.90. The quantitative estimate of drug-likeness (QED) is 0.838. The van der Waals surface area contributed by atoms with Gasteiger partial charge in [0, 0.05) is 6.07 Å². The van der Waals surface area contributed by atoms with Crippen molar-refractivity contribution < 1.29 is 9.47 Å². The predicted molar refractivity (Wildman–Crippen MR) is 78.5 cm³/mol. The molecule has 20 heavy (non-hydrogen) atoms. The highest BCUT2D eigenvalue weighted by Gasteiger charge is 2.06. The van der Waals surface area contributed by atoms with Crippen LogP contribution in [0.2, 0.25) is 10.0 Å². The Kier molecular flexibility index (Phi) is 4.73. The van der Waals surface area contributed by atoms with Gasteiger partial charge in [0.05, 0.1) is 22.7 Å². The summed E-state index contributed by atoms with van der Waals surface area (Å²) in [7, 11) is 1.56. The molecule has 102 valence electrons. The van der Waals surface area contributed by atoms with E-state index < -0.39 is 0 Å². The third-order valence-corrected chi connectivity index (χ3v) is 3.43. The van der Waals surface area contributed by atoms with Crippen molar-refractivity contribution in [2.75, 3.05) is 7.11 Å². The SMILES string of the molecule is COc1ccc(C#N)c(OCc2ccc(Cl)c(Cl)c2)c1. The summed E-state index contributed by atoms with van der Waals surface area (Å²) in [5.41, 5.74) is 1.32. The first-order chi connectivity index (χ1) is 9.63. The Balaban J connectivity index is 2.17. The molecule has 3 nitrogen and oxygen atoms in total. The standard InChI is InChI=1S/C15H11Cl2NO2/c1-19-12-4-3-11(8-18)15(7-12)20-9-10-2-5-13(16)14(17)6-10/h2-7H,9H2,1H3. The van der Waals surface area contributed by atoms with Gasteiger partial charge in [-0.3, -0.25) is 0 Å². The molecule has 0 aliphatic rings. The molecule has 0 fully saturated rings. The molecule has 0 spiro atoms. The van der Waals surface area contributed by atoms with Crippen LogP contribution in [0.15, 0.2) is 36.4 Å². The molecule has 0 aliphatic carbocycles. The van der Waals surface area contributed by atoms with Crippen molar-refractivity contribution in [2.24, 2.45) is 0 Å². The maximum absolute atomic E-state index is 9.05. The summed E-state index contributed by atoms with van der Waals surface area (Å²) in [5, 5.41) is 10.0. The maximum atomic E-state index is 9.05. The number of halogens is 2. The zero-order valence-corrected chi connectivity index (χ0v) is 12.2. The summed E-state index contributed by atoms with van der Waals surface area (Å²) in [6.45, 7) is 0.290. The highest BCUT2D eigenvalue weighted by atomic mass is 35.5. The number of hydrogen-bond donors (Lipinski definition) is 0. The molecule has 0 unspecified atom stereocenters. The topological polar surface area (TPSA) is 42.2 Å². The number of rotatable bonds is 4. The molecular formula is C15H11Cl2NO2. The number of nitriles is 1. The van der Waals surface area contributed by atoms with Crippen LogP contribution in [0.1, 0.15) is 11.1 Å². The number of ether oxygens (including phenoxy) is 2. The molecule has 2 aromatic rings. The van der Waals surface area contributed by atoms with E-state index in [0.29, 0.717) is 33.7 Å². The first kappa shape index (κ1) is 14.5. The van der Waals surface area contributed by atoms with Crippen molar-refractivity contribution in [1.82, 2.24) is 0 Å². The Bertz CT molecular complexity index is 665. The first-order valence-corrected chi connectivity index (χ1v) is 6.54. The highest BCUT2D eigenvalue weighted by molar-refractivity contribution is 6.42. The molecule has 0 aliphatic heterocycles. The van der Waals surface area contributed by atoms with E-state index in [9.17, 15) is 0 Å². The molecule has 0 saturated heterocycles. The van der Waals surface area contributed by atoms with Crippen molar-refractivity contribution in [3.63, 3.8) is 0 Å². The first-order valence-electron chi connectivity index (χ1n) is 5.79. The van der Waals surface area contributed by atoms with Gasteiger partial charge < -0.3 is 9.47 Å². The molecule has 0 radical (unpaired) electrons. The molecule has 0 atom stereocenters. The van der Waals surface area contributed by atoms with Crippen molar-refractivity contribution in [3.8, 4) is 17.6 Å². The lowest BCUT2D eigenvalue weighted by molar-refractivity contribution is 0.303. The molecule has 0 aromatic heterocycles. The Hall–Kier alpha value is -1.89. The zero-order chi connectivity index (χ0) is 14.5. The van der Waals surface area contributed by atoms with Gasteiger partial charge in [-0.05, 0) is 29.8 Å². The lowest BCUT2D eigenvalue weighted by Gasteiger charge is -2.10. The smallest absolute Gasteiger partial charge is 0.141 e. The highest BCUT2D eigenvalue weighted by Crippen LogP contribution is 2.26. The van der Waals surface area contributed by atoms with Crippen molar-refractivity contribution in [2.45, 2.75) is 6.61 Å². The predicted octanol–water partition coefficient (Wildman–Crippen LogP) is 4.45. The van der Waals surface area contributed by atoms with Crippen LogP contribution < -0.4 is 9.47 Å². The van der Waals surface area contributed by atoms with Crippen LogP contribution in [0.25, 0.3) is 0 Å². The van der Waals surface area contributed by atoms with Crippen LogP contribution in [0, 0.1) is 11.3 Å². The number of benzene rings is 2. The number of hydrogen-bond acceptors (Lipinski definition) is 3. The molecule has 2 rings (SSSR count). The number of methoxy groups -OCH3 is 1. The minimum Gasteiger partial charge on any atom is -0.497 e. The largest absolute Gasteiger partial charge is 0.497 e. The van der Waals surface area contributed by atoms with E-state index in [1.54, 1.807) is 37.4 Å². The zero-order valence-electron chi connectivity index (χ0n) is 10.7. The Labute approximate surface area is 127 Å². The average Bonchev–Trinajstić information content (AvgIpc) is 2.48. The molecule has 0 bridgehead atoms. The van der Waals surface area contributed by atoms with Gasteiger partial charge in [-0.25, -0.2) is 0 Å². The van der Waals surface area contributed by atoms with Crippen molar-refractivity contribution in [1.29, 1.82) is 5.26 Å². The Morgan fingerprint density at radius 2 is 1.90 bits per heavy atom. The Morgan fingerprint density at radius 1 is 1.10 bits per heavy atom.